The zero-order valence-corrected chi connectivity index (χ0v) is 12.3. The van der Waals surface area contributed by atoms with Gasteiger partial charge in [-0.15, -0.1) is 0 Å². The predicted molar refractivity (Wildman–Crippen MR) is 82.0 cm³/mol. The quantitative estimate of drug-likeness (QED) is 0.685. The number of hydrogen-bond acceptors (Lipinski definition) is 3. The summed E-state index contributed by atoms with van der Waals surface area (Å²) in [6.07, 6.45) is 0. The highest BCUT2D eigenvalue weighted by atomic mass is 35.5. The first-order valence-corrected chi connectivity index (χ1v) is 6.59. The van der Waals surface area contributed by atoms with Crippen LogP contribution in [0.5, 0.6) is 0 Å². The zero-order chi connectivity index (χ0) is 15.6. The number of nitro groups is 1. The van der Waals surface area contributed by atoms with E-state index in [9.17, 15) is 14.9 Å². The molecule has 1 N–H and O–H groups in total. The summed E-state index contributed by atoms with van der Waals surface area (Å²) >= 11 is 5.74. The van der Waals surface area contributed by atoms with E-state index in [-0.39, 0.29) is 16.3 Å². The lowest BCUT2D eigenvalue weighted by atomic mass is 10.1. The number of nitrogens with one attached hydrogen (secondary N) is 1. The Hall–Kier alpha value is -2.40. The highest BCUT2D eigenvalue weighted by molar-refractivity contribution is 6.31. The molecule has 0 bridgehead atoms. The molecule has 0 fully saturated rings. The molecule has 0 aliphatic rings. The second-order valence-corrected chi connectivity index (χ2v) is 5.06. The Morgan fingerprint density at radius 2 is 1.95 bits per heavy atom. The summed E-state index contributed by atoms with van der Waals surface area (Å²) in [6.45, 7) is 3.80. The van der Waals surface area contributed by atoms with Crippen LogP contribution in [0, 0.1) is 24.0 Å². The second kappa shape index (κ2) is 5.93. The van der Waals surface area contributed by atoms with Crippen LogP contribution in [0.4, 0.5) is 11.4 Å². The van der Waals surface area contributed by atoms with Crippen molar-refractivity contribution in [3.63, 3.8) is 0 Å². The van der Waals surface area contributed by atoms with Crippen LogP contribution in [0.3, 0.4) is 0 Å². The van der Waals surface area contributed by atoms with E-state index in [0.29, 0.717) is 5.69 Å². The van der Waals surface area contributed by atoms with Gasteiger partial charge < -0.3 is 5.32 Å². The molecule has 0 aromatic heterocycles. The van der Waals surface area contributed by atoms with E-state index in [1.54, 1.807) is 6.07 Å². The molecule has 0 radical (unpaired) electrons. The lowest BCUT2D eigenvalue weighted by molar-refractivity contribution is -0.385. The van der Waals surface area contributed by atoms with Crippen molar-refractivity contribution in [2.24, 2.45) is 0 Å². The number of halogens is 1. The molecule has 1 amide bonds. The number of nitro benzene ring substituents is 1. The fourth-order valence-electron chi connectivity index (χ4n) is 1.92. The van der Waals surface area contributed by atoms with Crippen LogP contribution in [-0.2, 0) is 0 Å². The molecule has 5 nitrogen and oxygen atoms in total. The number of nitrogens with zero attached hydrogens (tertiary/aromatic N) is 1. The van der Waals surface area contributed by atoms with Gasteiger partial charge in [0, 0.05) is 16.8 Å². The number of carbonyl (C=O) groups is 1. The summed E-state index contributed by atoms with van der Waals surface area (Å²) in [7, 11) is 0. The van der Waals surface area contributed by atoms with Crippen LogP contribution < -0.4 is 5.32 Å². The minimum atomic E-state index is -0.621. The Morgan fingerprint density at radius 1 is 1.24 bits per heavy atom. The predicted octanol–water partition coefficient (Wildman–Crippen LogP) is 4.12. The van der Waals surface area contributed by atoms with Gasteiger partial charge in [0.15, 0.2) is 0 Å². The van der Waals surface area contributed by atoms with Crippen LogP contribution in [0.1, 0.15) is 21.5 Å². The third-order valence-electron chi connectivity index (χ3n) is 3.25. The van der Waals surface area contributed by atoms with Gasteiger partial charge in [0.25, 0.3) is 11.6 Å². The van der Waals surface area contributed by atoms with Gasteiger partial charge in [-0.2, -0.15) is 0 Å². The molecule has 0 heterocycles. The van der Waals surface area contributed by atoms with E-state index >= 15 is 0 Å². The molecule has 0 atom stereocenters. The molecule has 2 aromatic carbocycles. The van der Waals surface area contributed by atoms with Gasteiger partial charge in [0.2, 0.25) is 0 Å². The molecule has 21 heavy (non-hydrogen) atoms. The summed E-state index contributed by atoms with van der Waals surface area (Å²) in [5.74, 6) is -0.535. The Bertz CT molecular complexity index is 729. The van der Waals surface area contributed by atoms with Crippen molar-refractivity contribution in [1.82, 2.24) is 0 Å². The van der Waals surface area contributed by atoms with E-state index < -0.39 is 10.8 Å². The minimum absolute atomic E-state index is 0.0229. The van der Waals surface area contributed by atoms with Gasteiger partial charge in [-0.05, 0) is 43.2 Å². The summed E-state index contributed by atoms with van der Waals surface area (Å²) in [5, 5.41) is 13.9. The Kier molecular flexibility index (Phi) is 4.23. The Labute approximate surface area is 126 Å². The minimum Gasteiger partial charge on any atom is -0.322 e. The summed E-state index contributed by atoms with van der Waals surface area (Å²) in [4.78, 5) is 22.7. The molecule has 2 aromatic rings. The first-order valence-electron chi connectivity index (χ1n) is 6.21. The maximum absolute atomic E-state index is 12.3. The third-order valence-corrected chi connectivity index (χ3v) is 3.49. The smallest absolute Gasteiger partial charge is 0.283 e. The molecule has 0 spiro atoms. The van der Waals surface area contributed by atoms with Crippen LogP contribution in [-0.4, -0.2) is 10.8 Å². The maximum atomic E-state index is 12.3. The molecule has 0 unspecified atom stereocenters. The lowest BCUT2D eigenvalue weighted by Gasteiger charge is -2.10. The van der Waals surface area contributed by atoms with Gasteiger partial charge in [-0.25, -0.2) is 0 Å². The normalized spacial score (nSPS) is 10.2. The van der Waals surface area contributed by atoms with Crippen molar-refractivity contribution in [2.75, 3.05) is 5.32 Å². The Morgan fingerprint density at radius 3 is 2.62 bits per heavy atom. The molecule has 0 saturated heterocycles. The third kappa shape index (κ3) is 3.20. The number of carbonyl (C=O) groups excluding carboxylic acids is 1. The molecule has 108 valence electrons. The summed E-state index contributed by atoms with van der Waals surface area (Å²) in [5.41, 5.74) is 2.24. The van der Waals surface area contributed by atoms with Crippen LogP contribution >= 0.6 is 11.6 Å². The SMILES string of the molecule is Cc1cccc(NC(=O)c2ccc(Cl)cc2[N+](=O)[O-])c1C. The van der Waals surface area contributed by atoms with Crippen molar-refractivity contribution in [2.45, 2.75) is 13.8 Å². The van der Waals surface area contributed by atoms with Crippen LogP contribution in [0.2, 0.25) is 5.02 Å². The monoisotopic (exact) mass is 304 g/mol. The molecule has 6 heteroatoms. The van der Waals surface area contributed by atoms with Crippen molar-refractivity contribution in [1.29, 1.82) is 0 Å². The van der Waals surface area contributed by atoms with Gasteiger partial charge in [0.05, 0.1) is 4.92 Å². The highest BCUT2D eigenvalue weighted by Gasteiger charge is 2.21. The van der Waals surface area contributed by atoms with Gasteiger partial charge in [-0.3, -0.25) is 14.9 Å². The van der Waals surface area contributed by atoms with E-state index in [1.165, 1.54) is 18.2 Å². The van der Waals surface area contributed by atoms with Crippen molar-refractivity contribution >= 4 is 28.9 Å². The van der Waals surface area contributed by atoms with Crippen molar-refractivity contribution in [3.8, 4) is 0 Å². The summed E-state index contributed by atoms with van der Waals surface area (Å²) < 4.78 is 0. The topological polar surface area (TPSA) is 72.2 Å². The number of anilines is 1. The van der Waals surface area contributed by atoms with Crippen molar-refractivity contribution in [3.05, 3.63) is 68.2 Å². The molecular formula is C15H13ClN2O3. The van der Waals surface area contributed by atoms with Gasteiger partial charge in [0.1, 0.15) is 5.56 Å². The van der Waals surface area contributed by atoms with E-state index in [2.05, 4.69) is 5.32 Å². The average molecular weight is 305 g/mol. The standard InChI is InChI=1S/C15H13ClN2O3/c1-9-4-3-5-13(10(9)2)17-15(19)12-7-6-11(16)8-14(12)18(20)21/h3-8H,1-2H3,(H,17,19). The maximum Gasteiger partial charge on any atom is 0.283 e. The molecule has 2 rings (SSSR count). The fraction of sp³-hybridized carbons (Fsp3) is 0.133. The average Bonchev–Trinajstić information content (AvgIpc) is 2.43. The molecule has 0 saturated carbocycles. The van der Waals surface area contributed by atoms with E-state index in [4.69, 9.17) is 11.6 Å². The van der Waals surface area contributed by atoms with Crippen molar-refractivity contribution < 1.29 is 9.72 Å². The van der Waals surface area contributed by atoms with Crippen LogP contribution in [0.25, 0.3) is 0 Å². The van der Waals surface area contributed by atoms with E-state index in [0.717, 1.165) is 11.1 Å². The first kappa shape index (κ1) is 15.0. The molecular weight excluding hydrogens is 292 g/mol. The fourth-order valence-corrected chi connectivity index (χ4v) is 2.09. The molecule has 0 aliphatic heterocycles. The number of amides is 1. The van der Waals surface area contributed by atoms with E-state index in [1.807, 2.05) is 26.0 Å². The number of aryl methyl sites for hydroxylation is 1. The lowest BCUT2D eigenvalue weighted by Crippen LogP contribution is -2.15. The molecule has 0 aliphatic carbocycles. The highest BCUT2D eigenvalue weighted by Crippen LogP contribution is 2.25. The number of benzene rings is 2. The number of rotatable bonds is 3. The second-order valence-electron chi connectivity index (χ2n) is 4.62. The first-order chi connectivity index (χ1) is 9.90. The van der Waals surface area contributed by atoms with Gasteiger partial charge >= 0.3 is 0 Å². The Balaban J connectivity index is 2.37. The van der Waals surface area contributed by atoms with Crippen LogP contribution in [0.15, 0.2) is 36.4 Å². The number of hydrogen-bond donors (Lipinski definition) is 1. The largest absolute Gasteiger partial charge is 0.322 e. The van der Waals surface area contributed by atoms with Gasteiger partial charge in [-0.1, -0.05) is 23.7 Å². The zero-order valence-electron chi connectivity index (χ0n) is 11.5. The summed E-state index contributed by atoms with van der Waals surface area (Å²) in [6, 6.07) is 9.46.